The average Bonchev–Trinajstić information content (AvgIpc) is 2.83. The van der Waals surface area contributed by atoms with Gasteiger partial charge in [-0.2, -0.15) is 0 Å². The fourth-order valence-electron chi connectivity index (χ4n) is 2.11. The van der Waals surface area contributed by atoms with Crippen LogP contribution in [0, 0.1) is 0 Å². The Morgan fingerprint density at radius 1 is 1.11 bits per heavy atom. The van der Waals surface area contributed by atoms with E-state index in [9.17, 15) is 0 Å². The third-order valence-corrected chi connectivity index (χ3v) is 4.38. The van der Waals surface area contributed by atoms with Crippen LogP contribution in [0.1, 0.15) is 17.9 Å². The number of nitrogens with one attached hydrogen (secondary N) is 1. The summed E-state index contributed by atoms with van der Waals surface area (Å²) in [6.45, 7) is 2.18. The second-order valence-corrected chi connectivity index (χ2v) is 5.34. The smallest absolute Gasteiger partial charge is 0.203 e. The predicted octanol–water partition coefficient (Wildman–Crippen LogP) is 2.44. The summed E-state index contributed by atoms with van der Waals surface area (Å²) in [4.78, 5) is 0. The molecule has 1 heterocycles. The van der Waals surface area contributed by atoms with Gasteiger partial charge in [-0.25, -0.2) is 0 Å². The number of thioether (sulfide) groups is 1. The van der Waals surface area contributed by atoms with Gasteiger partial charge in [0.2, 0.25) is 5.75 Å². The quantitative estimate of drug-likeness (QED) is 0.909. The topological polar surface area (TPSA) is 39.7 Å². The molecule has 1 aliphatic heterocycles. The second kappa shape index (κ2) is 5.71. The minimum Gasteiger partial charge on any atom is -0.493 e. The molecule has 0 saturated carbocycles. The summed E-state index contributed by atoms with van der Waals surface area (Å²) in [5.74, 6) is 3.19. The molecule has 1 N–H and O–H groups in total. The lowest BCUT2D eigenvalue weighted by atomic mass is 10.1. The normalized spacial score (nSPS) is 22.9. The molecule has 100 valence electrons. The van der Waals surface area contributed by atoms with E-state index >= 15 is 0 Å². The van der Waals surface area contributed by atoms with Gasteiger partial charge in [-0.1, -0.05) is 0 Å². The zero-order valence-electron chi connectivity index (χ0n) is 11.1. The summed E-state index contributed by atoms with van der Waals surface area (Å²) < 4.78 is 16.2. The lowest BCUT2D eigenvalue weighted by Crippen LogP contribution is -2.22. The first kappa shape index (κ1) is 13.4. The third kappa shape index (κ3) is 2.37. The molecule has 1 fully saturated rings. The van der Waals surface area contributed by atoms with Crippen molar-refractivity contribution in [1.29, 1.82) is 0 Å². The van der Waals surface area contributed by atoms with E-state index in [4.69, 9.17) is 14.2 Å². The standard InChI is InChI=1S/C13H19NO3S/c1-8-7-18-13(14-8)9-5-6-10(15-2)12(17-4)11(9)16-3/h5-6,8,13-14H,7H2,1-4H3. The molecule has 0 aromatic heterocycles. The molecule has 4 nitrogen and oxygen atoms in total. The minimum atomic E-state index is 0.245. The molecule has 0 bridgehead atoms. The average molecular weight is 269 g/mol. The van der Waals surface area contributed by atoms with Crippen molar-refractivity contribution in [1.82, 2.24) is 5.32 Å². The number of methoxy groups -OCH3 is 3. The maximum Gasteiger partial charge on any atom is 0.203 e. The van der Waals surface area contributed by atoms with Gasteiger partial charge in [0.1, 0.15) is 0 Å². The van der Waals surface area contributed by atoms with Crippen molar-refractivity contribution in [3.05, 3.63) is 17.7 Å². The highest BCUT2D eigenvalue weighted by Gasteiger charge is 2.27. The molecule has 1 aromatic rings. The molecule has 0 aliphatic carbocycles. The Morgan fingerprint density at radius 2 is 1.83 bits per heavy atom. The van der Waals surface area contributed by atoms with Gasteiger partial charge in [0.15, 0.2) is 11.5 Å². The Balaban J connectivity index is 2.41. The van der Waals surface area contributed by atoms with Crippen molar-refractivity contribution in [3.8, 4) is 17.2 Å². The van der Waals surface area contributed by atoms with Crippen molar-refractivity contribution in [2.45, 2.75) is 18.3 Å². The van der Waals surface area contributed by atoms with Crippen molar-refractivity contribution >= 4 is 11.8 Å². The molecular formula is C13H19NO3S. The zero-order chi connectivity index (χ0) is 13.1. The van der Waals surface area contributed by atoms with Crippen LogP contribution in [-0.4, -0.2) is 33.1 Å². The molecule has 2 atom stereocenters. The van der Waals surface area contributed by atoms with Gasteiger partial charge in [0.05, 0.1) is 26.7 Å². The highest BCUT2D eigenvalue weighted by atomic mass is 32.2. The molecule has 0 radical (unpaired) electrons. The highest BCUT2D eigenvalue weighted by Crippen LogP contribution is 2.46. The summed E-state index contributed by atoms with van der Waals surface area (Å²) in [7, 11) is 4.91. The lowest BCUT2D eigenvalue weighted by Gasteiger charge is -2.19. The molecule has 2 unspecified atom stereocenters. The van der Waals surface area contributed by atoms with Crippen LogP contribution in [0.5, 0.6) is 17.2 Å². The summed E-state index contributed by atoms with van der Waals surface area (Å²) in [6.07, 6.45) is 0. The Morgan fingerprint density at radius 3 is 2.33 bits per heavy atom. The zero-order valence-corrected chi connectivity index (χ0v) is 12.0. The first-order valence-electron chi connectivity index (χ1n) is 5.87. The van der Waals surface area contributed by atoms with Crippen LogP contribution in [0.15, 0.2) is 12.1 Å². The minimum absolute atomic E-state index is 0.245. The fraction of sp³-hybridized carbons (Fsp3) is 0.538. The van der Waals surface area contributed by atoms with Gasteiger partial charge in [-0.15, -0.1) is 11.8 Å². The van der Waals surface area contributed by atoms with Gasteiger partial charge in [0.25, 0.3) is 0 Å². The summed E-state index contributed by atoms with van der Waals surface area (Å²) >= 11 is 1.88. The SMILES string of the molecule is COc1ccc(C2NC(C)CS2)c(OC)c1OC. The Hall–Kier alpha value is -1.07. The highest BCUT2D eigenvalue weighted by molar-refractivity contribution is 7.99. The van der Waals surface area contributed by atoms with Gasteiger partial charge in [-0.05, 0) is 19.1 Å². The maximum atomic E-state index is 5.50. The fourth-order valence-corrected chi connectivity index (χ4v) is 3.38. The third-order valence-electron chi connectivity index (χ3n) is 2.97. The Kier molecular flexibility index (Phi) is 4.24. The predicted molar refractivity (Wildman–Crippen MR) is 73.9 cm³/mol. The first-order valence-corrected chi connectivity index (χ1v) is 6.92. The van der Waals surface area contributed by atoms with Crippen LogP contribution < -0.4 is 19.5 Å². The van der Waals surface area contributed by atoms with Crippen molar-refractivity contribution in [2.75, 3.05) is 27.1 Å². The molecule has 0 amide bonds. The van der Waals surface area contributed by atoms with Crippen LogP contribution in [0.2, 0.25) is 0 Å². The van der Waals surface area contributed by atoms with E-state index in [2.05, 4.69) is 12.2 Å². The van der Waals surface area contributed by atoms with Crippen LogP contribution in [0.4, 0.5) is 0 Å². The van der Waals surface area contributed by atoms with Crippen LogP contribution in [0.3, 0.4) is 0 Å². The van der Waals surface area contributed by atoms with Gasteiger partial charge in [-0.3, -0.25) is 5.32 Å². The number of hydrogen-bond acceptors (Lipinski definition) is 5. The van der Waals surface area contributed by atoms with Gasteiger partial charge < -0.3 is 14.2 Å². The molecule has 1 aromatic carbocycles. The molecule has 1 aliphatic rings. The summed E-state index contributed by atoms with van der Waals surface area (Å²) in [5, 5.41) is 3.77. The lowest BCUT2D eigenvalue weighted by molar-refractivity contribution is 0.321. The summed E-state index contributed by atoms with van der Waals surface area (Å²) in [5.41, 5.74) is 1.10. The van der Waals surface area contributed by atoms with Crippen molar-refractivity contribution in [3.63, 3.8) is 0 Å². The monoisotopic (exact) mass is 269 g/mol. The van der Waals surface area contributed by atoms with E-state index in [1.165, 1.54) is 0 Å². The van der Waals surface area contributed by atoms with E-state index in [1.807, 2.05) is 23.9 Å². The number of hydrogen-bond donors (Lipinski definition) is 1. The second-order valence-electron chi connectivity index (χ2n) is 4.20. The van der Waals surface area contributed by atoms with E-state index in [1.54, 1.807) is 21.3 Å². The van der Waals surface area contributed by atoms with E-state index in [0.717, 1.165) is 17.1 Å². The number of ether oxygens (including phenoxy) is 3. The maximum absolute atomic E-state index is 5.50. The van der Waals surface area contributed by atoms with Crippen LogP contribution in [0.25, 0.3) is 0 Å². The molecule has 2 rings (SSSR count). The molecule has 1 saturated heterocycles. The van der Waals surface area contributed by atoms with Crippen LogP contribution in [-0.2, 0) is 0 Å². The van der Waals surface area contributed by atoms with Crippen molar-refractivity contribution < 1.29 is 14.2 Å². The van der Waals surface area contributed by atoms with E-state index < -0.39 is 0 Å². The molecule has 5 heteroatoms. The largest absolute Gasteiger partial charge is 0.493 e. The van der Waals surface area contributed by atoms with Gasteiger partial charge in [0, 0.05) is 17.4 Å². The van der Waals surface area contributed by atoms with Crippen LogP contribution >= 0.6 is 11.8 Å². The Labute approximate surface area is 112 Å². The first-order chi connectivity index (χ1) is 8.71. The van der Waals surface area contributed by atoms with E-state index in [0.29, 0.717) is 17.5 Å². The van der Waals surface area contributed by atoms with E-state index in [-0.39, 0.29) is 5.37 Å². The number of benzene rings is 1. The molecular weight excluding hydrogens is 250 g/mol. The number of rotatable bonds is 4. The summed E-state index contributed by atoms with van der Waals surface area (Å²) in [6, 6.07) is 4.46. The Bertz CT molecular complexity index is 425. The van der Waals surface area contributed by atoms with Gasteiger partial charge >= 0.3 is 0 Å². The van der Waals surface area contributed by atoms with Crippen molar-refractivity contribution in [2.24, 2.45) is 0 Å². The molecule has 18 heavy (non-hydrogen) atoms. The molecule has 0 spiro atoms.